The van der Waals surface area contributed by atoms with E-state index in [4.69, 9.17) is 9.47 Å². The minimum atomic E-state index is -0.548. The van der Waals surface area contributed by atoms with E-state index in [0.29, 0.717) is 27.4 Å². The van der Waals surface area contributed by atoms with Gasteiger partial charge in [-0.2, -0.15) is 0 Å². The topological polar surface area (TPSA) is 91.6 Å². The number of thiophene rings is 1. The third-order valence-electron chi connectivity index (χ3n) is 4.99. The quantitative estimate of drug-likeness (QED) is 0.467. The second-order valence-corrected chi connectivity index (χ2v) is 7.94. The Bertz CT molecular complexity index is 1390. The summed E-state index contributed by atoms with van der Waals surface area (Å²) in [5.41, 5.74) is 0.837. The molecule has 0 spiro atoms. The molecule has 0 saturated heterocycles. The van der Waals surface area contributed by atoms with Crippen LogP contribution >= 0.6 is 11.3 Å². The molecular weight excluding hydrogens is 430 g/mol. The number of hydrogen-bond acceptors (Lipinski definition) is 6. The van der Waals surface area contributed by atoms with Gasteiger partial charge < -0.3 is 14.8 Å². The van der Waals surface area contributed by atoms with Crippen molar-refractivity contribution in [3.63, 3.8) is 0 Å². The summed E-state index contributed by atoms with van der Waals surface area (Å²) in [4.78, 5) is 38.9. The molecule has 2 heterocycles. The van der Waals surface area contributed by atoms with Gasteiger partial charge in [0, 0.05) is 5.69 Å². The Labute approximate surface area is 187 Å². The van der Waals surface area contributed by atoms with Crippen LogP contribution in [0.4, 0.5) is 5.69 Å². The molecular formula is C23H21N3O5S. The van der Waals surface area contributed by atoms with Gasteiger partial charge >= 0.3 is 5.69 Å². The highest BCUT2D eigenvalue weighted by atomic mass is 32.1. The van der Waals surface area contributed by atoms with Gasteiger partial charge in [-0.05, 0) is 53.4 Å². The molecule has 9 heteroatoms. The van der Waals surface area contributed by atoms with Crippen LogP contribution in [0, 0.1) is 0 Å². The first-order valence-electron chi connectivity index (χ1n) is 9.78. The molecule has 0 aliphatic carbocycles. The smallest absolute Gasteiger partial charge is 0.332 e. The van der Waals surface area contributed by atoms with Crippen molar-refractivity contribution in [3.05, 3.63) is 86.4 Å². The fraction of sp³-hybridized carbons (Fsp3) is 0.174. The van der Waals surface area contributed by atoms with Crippen molar-refractivity contribution in [1.82, 2.24) is 9.13 Å². The molecule has 0 saturated carbocycles. The first-order chi connectivity index (χ1) is 15.5. The Kier molecular flexibility index (Phi) is 6.09. The molecule has 0 aliphatic heterocycles. The third kappa shape index (κ3) is 4.28. The predicted octanol–water partition coefficient (Wildman–Crippen LogP) is 2.93. The van der Waals surface area contributed by atoms with Crippen molar-refractivity contribution in [3.8, 4) is 11.5 Å². The normalized spacial score (nSPS) is 10.8. The van der Waals surface area contributed by atoms with Crippen molar-refractivity contribution in [2.75, 3.05) is 19.5 Å². The molecule has 0 fully saturated rings. The van der Waals surface area contributed by atoms with Crippen molar-refractivity contribution >= 4 is 33.1 Å². The van der Waals surface area contributed by atoms with Crippen molar-refractivity contribution < 1.29 is 14.3 Å². The molecule has 4 rings (SSSR count). The summed E-state index contributed by atoms with van der Waals surface area (Å²) in [6, 6.07) is 15.7. The molecule has 32 heavy (non-hydrogen) atoms. The highest BCUT2D eigenvalue weighted by Crippen LogP contribution is 2.18. The number of fused-ring (bicyclic) bond motifs is 1. The Morgan fingerprint density at radius 1 is 0.969 bits per heavy atom. The molecule has 1 N–H and O–H groups in total. The molecule has 2 aromatic carbocycles. The van der Waals surface area contributed by atoms with E-state index in [1.165, 1.54) is 15.9 Å². The maximum Gasteiger partial charge on any atom is 0.332 e. The average molecular weight is 452 g/mol. The number of nitrogens with one attached hydrogen (secondary N) is 1. The molecule has 0 radical (unpaired) electrons. The van der Waals surface area contributed by atoms with Gasteiger partial charge in [0.15, 0.2) is 0 Å². The van der Waals surface area contributed by atoms with E-state index in [0.717, 1.165) is 10.1 Å². The monoisotopic (exact) mass is 451 g/mol. The summed E-state index contributed by atoms with van der Waals surface area (Å²) in [6.45, 7) is -0.153. The van der Waals surface area contributed by atoms with Gasteiger partial charge in [0.05, 0.1) is 26.3 Å². The van der Waals surface area contributed by atoms with E-state index in [1.54, 1.807) is 68.1 Å². The fourth-order valence-corrected chi connectivity index (χ4v) is 4.24. The zero-order chi connectivity index (χ0) is 22.7. The second-order valence-electron chi connectivity index (χ2n) is 7.02. The summed E-state index contributed by atoms with van der Waals surface area (Å²) in [6.07, 6.45) is 0. The largest absolute Gasteiger partial charge is 0.497 e. The number of rotatable bonds is 7. The summed E-state index contributed by atoms with van der Waals surface area (Å²) in [5.74, 6) is 0.923. The van der Waals surface area contributed by atoms with Gasteiger partial charge in [0.1, 0.15) is 22.7 Å². The van der Waals surface area contributed by atoms with Crippen LogP contribution in [-0.4, -0.2) is 29.3 Å². The lowest BCUT2D eigenvalue weighted by molar-refractivity contribution is -0.116. The van der Waals surface area contributed by atoms with E-state index < -0.39 is 5.69 Å². The number of ether oxygens (including phenoxy) is 2. The van der Waals surface area contributed by atoms with Crippen LogP contribution in [0.1, 0.15) is 5.56 Å². The molecule has 0 bridgehead atoms. The summed E-state index contributed by atoms with van der Waals surface area (Å²) < 4.78 is 13.2. The third-order valence-corrected chi connectivity index (χ3v) is 5.88. The maximum absolute atomic E-state index is 13.2. The number of carbonyl (C=O) groups excluding carboxylic acids is 1. The zero-order valence-electron chi connectivity index (χ0n) is 17.5. The van der Waals surface area contributed by atoms with E-state index in [1.807, 2.05) is 6.07 Å². The number of anilines is 1. The summed E-state index contributed by atoms with van der Waals surface area (Å²) in [5, 5.41) is 4.51. The van der Waals surface area contributed by atoms with Crippen molar-refractivity contribution in [2.24, 2.45) is 0 Å². The summed E-state index contributed by atoms with van der Waals surface area (Å²) >= 11 is 1.24. The van der Waals surface area contributed by atoms with Crippen LogP contribution in [-0.2, 0) is 17.9 Å². The van der Waals surface area contributed by atoms with Gasteiger partial charge in [-0.1, -0.05) is 12.1 Å². The molecule has 2 aromatic heterocycles. The zero-order valence-corrected chi connectivity index (χ0v) is 18.3. The predicted molar refractivity (Wildman–Crippen MR) is 124 cm³/mol. The number of benzene rings is 2. The molecule has 0 aliphatic rings. The Hall–Kier alpha value is -3.85. The van der Waals surface area contributed by atoms with E-state index in [9.17, 15) is 14.4 Å². The molecule has 1 amide bonds. The Balaban J connectivity index is 1.67. The van der Waals surface area contributed by atoms with E-state index in [2.05, 4.69) is 5.32 Å². The summed E-state index contributed by atoms with van der Waals surface area (Å²) in [7, 11) is 3.12. The number of methoxy groups -OCH3 is 2. The van der Waals surface area contributed by atoms with Crippen LogP contribution in [0.3, 0.4) is 0 Å². The molecule has 0 atom stereocenters. The molecule has 0 unspecified atom stereocenters. The highest BCUT2D eigenvalue weighted by Gasteiger charge is 2.17. The lowest BCUT2D eigenvalue weighted by atomic mass is 10.2. The highest BCUT2D eigenvalue weighted by molar-refractivity contribution is 7.17. The van der Waals surface area contributed by atoms with Gasteiger partial charge in [0.25, 0.3) is 5.56 Å². The van der Waals surface area contributed by atoms with Crippen LogP contribution in [0.2, 0.25) is 0 Å². The molecule has 164 valence electrons. The van der Waals surface area contributed by atoms with Crippen LogP contribution < -0.4 is 26.0 Å². The van der Waals surface area contributed by atoms with Crippen molar-refractivity contribution in [1.29, 1.82) is 0 Å². The number of aromatic nitrogens is 2. The van der Waals surface area contributed by atoms with Crippen LogP contribution in [0.15, 0.2) is 69.6 Å². The Morgan fingerprint density at radius 3 is 2.44 bits per heavy atom. The van der Waals surface area contributed by atoms with Gasteiger partial charge in [-0.25, -0.2) is 4.79 Å². The van der Waals surface area contributed by atoms with Gasteiger partial charge in [0.2, 0.25) is 5.91 Å². The minimum Gasteiger partial charge on any atom is -0.497 e. The standard InChI is InChI=1S/C23H21N3O5S/c1-30-17-8-6-16(7-9-17)24-20(27)14-25-19-10-11-32-21(19)22(28)26(23(25)29)13-15-4-3-5-18(12-15)31-2/h3-12H,13-14H2,1-2H3,(H,24,27). The number of hydrogen-bond donors (Lipinski definition) is 1. The lowest BCUT2D eigenvalue weighted by Crippen LogP contribution is -2.41. The second kappa shape index (κ2) is 9.11. The molecule has 4 aromatic rings. The van der Waals surface area contributed by atoms with Crippen LogP contribution in [0.25, 0.3) is 10.2 Å². The van der Waals surface area contributed by atoms with Gasteiger partial charge in [-0.15, -0.1) is 11.3 Å². The average Bonchev–Trinajstić information content (AvgIpc) is 3.30. The lowest BCUT2D eigenvalue weighted by Gasteiger charge is -2.13. The van der Waals surface area contributed by atoms with E-state index in [-0.39, 0.29) is 24.6 Å². The number of nitrogens with zero attached hydrogens (tertiary/aromatic N) is 2. The van der Waals surface area contributed by atoms with Gasteiger partial charge in [-0.3, -0.25) is 18.7 Å². The number of amides is 1. The molecule has 8 nitrogen and oxygen atoms in total. The fourth-order valence-electron chi connectivity index (χ4n) is 3.40. The number of carbonyl (C=O) groups is 1. The van der Waals surface area contributed by atoms with E-state index >= 15 is 0 Å². The maximum atomic E-state index is 13.2. The minimum absolute atomic E-state index is 0.0722. The van der Waals surface area contributed by atoms with Crippen molar-refractivity contribution in [2.45, 2.75) is 13.1 Å². The Morgan fingerprint density at radius 2 is 1.72 bits per heavy atom. The first kappa shape index (κ1) is 21.4. The SMILES string of the molecule is COc1ccc(NC(=O)Cn2c(=O)n(Cc3cccc(OC)c3)c(=O)c3sccc32)cc1. The first-order valence-corrected chi connectivity index (χ1v) is 10.7. The van der Waals surface area contributed by atoms with Crippen LogP contribution in [0.5, 0.6) is 11.5 Å².